The molecule has 2 fully saturated rings. The Hall–Kier alpha value is -2.08. The van der Waals surface area contributed by atoms with Crippen molar-refractivity contribution >= 4 is 17.5 Å². The van der Waals surface area contributed by atoms with Gasteiger partial charge in [-0.2, -0.15) is 0 Å². The first-order valence-electron chi connectivity index (χ1n) is 8.56. The van der Waals surface area contributed by atoms with Gasteiger partial charge in [-0.25, -0.2) is 0 Å². The Bertz CT molecular complexity index is 590. The van der Waals surface area contributed by atoms with Crippen molar-refractivity contribution in [2.45, 2.75) is 25.8 Å². The molecular formula is C18H25N3O3. The average molecular weight is 331 g/mol. The summed E-state index contributed by atoms with van der Waals surface area (Å²) in [6.45, 7) is 4.84. The van der Waals surface area contributed by atoms with Gasteiger partial charge in [-0.05, 0) is 44.0 Å². The molecule has 6 heteroatoms. The number of ether oxygens (including phenoxy) is 1. The Kier molecular flexibility index (Phi) is 5.04. The monoisotopic (exact) mass is 331 g/mol. The standard InChI is InChI=1S/C18H25N3O3/c1-13(17(22)19-15-5-7-16(24-2)8-6-15)20-9-11-21(12-10-20)18(23)14-3-4-14/h5-8,13-14H,3-4,9-12H2,1-2H3,(H,19,22)/t13-/m0/s1. The molecule has 1 aromatic rings. The molecule has 2 aliphatic rings. The lowest BCUT2D eigenvalue weighted by molar-refractivity contribution is -0.135. The summed E-state index contributed by atoms with van der Waals surface area (Å²) in [6, 6.07) is 7.08. The molecule has 130 valence electrons. The van der Waals surface area contributed by atoms with Crippen molar-refractivity contribution in [2.75, 3.05) is 38.6 Å². The van der Waals surface area contributed by atoms with E-state index in [4.69, 9.17) is 4.74 Å². The number of piperazine rings is 1. The minimum atomic E-state index is -0.217. The Balaban J connectivity index is 1.49. The summed E-state index contributed by atoms with van der Waals surface area (Å²) in [5.74, 6) is 1.30. The van der Waals surface area contributed by atoms with Crippen LogP contribution in [0.5, 0.6) is 5.75 Å². The van der Waals surface area contributed by atoms with E-state index in [0.717, 1.165) is 50.5 Å². The molecule has 0 radical (unpaired) electrons. The molecule has 6 nitrogen and oxygen atoms in total. The SMILES string of the molecule is COc1ccc(NC(=O)[C@H](C)N2CCN(C(=O)C3CC3)CC2)cc1. The molecule has 24 heavy (non-hydrogen) atoms. The number of nitrogens with one attached hydrogen (secondary N) is 1. The fourth-order valence-electron chi connectivity index (χ4n) is 3.00. The van der Waals surface area contributed by atoms with Gasteiger partial charge < -0.3 is 15.0 Å². The zero-order valence-corrected chi connectivity index (χ0v) is 14.3. The molecule has 1 saturated carbocycles. The summed E-state index contributed by atoms with van der Waals surface area (Å²) in [5.41, 5.74) is 0.759. The van der Waals surface area contributed by atoms with E-state index in [1.165, 1.54) is 0 Å². The Morgan fingerprint density at radius 3 is 2.29 bits per heavy atom. The van der Waals surface area contributed by atoms with Crippen LogP contribution in [-0.2, 0) is 9.59 Å². The first-order chi connectivity index (χ1) is 11.6. The van der Waals surface area contributed by atoms with Crippen LogP contribution in [0, 0.1) is 5.92 Å². The van der Waals surface area contributed by atoms with E-state index in [1.807, 2.05) is 36.1 Å². The number of hydrogen-bond acceptors (Lipinski definition) is 4. The minimum absolute atomic E-state index is 0.0258. The van der Waals surface area contributed by atoms with Gasteiger partial charge in [0.1, 0.15) is 5.75 Å². The van der Waals surface area contributed by atoms with E-state index >= 15 is 0 Å². The van der Waals surface area contributed by atoms with Crippen molar-refractivity contribution in [1.29, 1.82) is 0 Å². The summed E-state index contributed by atoms with van der Waals surface area (Å²) < 4.78 is 5.11. The highest BCUT2D eigenvalue weighted by Crippen LogP contribution is 2.31. The number of hydrogen-bond donors (Lipinski definition) is 1. The molecule has 0 spiro atoms. The highest BCUT2D eigenvalue weighted by molar-refractivity contribution is 5.94. The highest BCUT2D eigenvalue weighted by Gasteiger charge is 2.35. The van der Waals surface area contributed by atoms with E-state index in [2.05, 4.69) is 10.2 Å². The van der Waals surface area contributed by atoms with Gasteiger partial charge in [0.05, 0.1) is 13.2 Å². The lowest BCUT2D eigenvalue weighted by atomic mass is 10.2. The van der Waals surface area contributed by atoms with Crippen molar-refractivity contribution in [1.82, 2.24) is 9.80 Å². The zero-order chi connectivity index (χ0) is 17.1. The van der Waals surface area contributed by atoms with Gasteiger partial charge >= 0.3 is 0 Å². The second-order valence-electron chi connectivity index (χ2n) is 6.53. The first-order valence-corrected chi connectivity index (χ1v) is 8.56. The van der Waals surface area contributed by atoms with E-state index in [-0.39, 0.29) is 17.9 Å². The van der Waals surface area contributed by atoms with Crippen LogP contribution < -0.4 is 10.1 Å². The highest BCUT2D eigenvalue weighted by atomic mass is 16.5. The van der Waals surface area contributed by atoms with Crippen molar-refractivity contribution in [2.24, 2.45) is 5.92 Å². The fourth-order valence-corrected chi connectivity index (χ4v) is 3.00. The van der Waals surface area contributed by atoms with Gasteiger partial charge in [0.25, 0.3) is 0 Å². The second-order valence-corrected chi connectivity index (χ2v) is 6.53. The van der Waals surface area contributed by atoms with Gasteiger partial charge in [0.15, 0.2) is 0 Å². The Morgan fingerprint density at radius 2 is 1.75 bits per heavy atom. The predicted molar refractivity (Wildman–Crippen MR) is 92.0 cm³/mol. The molecule has 1 saturated heterocycles. The number of methoxy groups -OCH3 is 1. The summed E-state index contributed by atoms with van der Waals surface area (Å²) in [7, 11) is 1.61. The van der Waals surface area contributed by atoms with Gasteiger partial charge in [0, 0.05) is 37.8 Å². The lowest BCUT2D eigenvalue weighted by Crippen LogP contribution is -2.54. The first kappa shape index (κ1) is 16.8. The molecule has 1 N–H and O–H groups in total. The quantitative estimate of drug-likeness (QED) is 0.890. The zero-order valence-electron chi connectivity index (χ0n) is 14.3. The van der Waals surface area contributed by atoms with Crippen LogP contribution in [0.4, 0.5) is 5.69 Å². The van der Waals surface area contributed by atoms with Gasteiger partial charge in [-0.15, -0.1) is 0 Å². The van der Waals surface area contributed by atoms with Crippen LogP contribution >= 0.6 is 0 Å². The van der Waals surface area contributed by atoms with Gasteiger partial charge in [0.2, 0.25) is 11.8 Å². The van der Waals surface area contributed by atoms with Crippen molar-refractivity contribution in [3.63, 3.8) is 0 Å². The maximum atomic E-state index is 12.4. The molecule has 0 unspecified atom stereocenters. The third-order valence-corrected chi connectivity index (χ3v) is 4.84. The molecular weight excluding hydrogens is 306 g/mol. The molecule has 1 aliphatic carbocycles. The van der Waals surface area contributed by atoms with Crippen LogP contribution in [0.3, 0.4) is 0 Å². The fraction of sp³-hybridized carbons (Fsp3) is 0.556. The Labute approximate surface area is 142 Å². The van der Waals surface area contributed by atoms with Gasteiger partial charge in [-0.1, -0.05) is 0 Å². The van der Waals surface area contributed by atoms with E-state index < -0.39 is 0 Å². The Morgan fingerprint density at radius 1 is 1.12 bits per heavy atom. The molecule has 0 aromatic heterocycles. The summed E-state index contributed by atoms with van der Waals surface area (Å²) in [6.07, 6.45) is 2.08. The largest absolute Gasteiger partial charge is 0.497 e. The van der Waals surface area contributed by atoms with E-state index in [0.29, 0.717) is 5.91 Å². The number of carbonyl (C=O) groups excluding carboxylic acids is 2. The smallest absolute Gasteiger partial charge is 0.241 e. The molecule has 3 rings (SSSR count). The number of rotatable bonds is 5. The third kappa shape index (κ3) is 3.87. The van der Waals surface area contributed by atoms with Crippen molar-refractivity contribution in [3.05, 3.63) is 24.3 Å². The number of benzene rings is 1. The molecule has 1 aliphatic heterocycles. The second kappa shape index (κ2) is 7.21. The molecule has 2 amide bonds. The van der Waals surface area contributed by atoms with E-state index in [9.17, 15) is 9.59 Å². The topological polar surface area (TPSA) is 61.9 Å². The third-order valence-electron chi connectivity index (χ3n) is 4.84. The average Bonchev–Trinajstić information content (AvgIpc) is 3.46. The molecule has 0 bridgehead atoms. The van der Waals surface area contributed by atoms with Crippen LogP contribution in [0.15, 0.2) is 24.3 Å². The van der Waals surface area contributed by atoms with Crippen LogP contribution in [0.2, 0.25) is 0 Å². The maximum absolute atomic E-state index is 12.4. The number of nitrogens with zero attached hydrogens (tertiary/aromatic N) is 2. The predicted octanol–water partition coefficient (Wildman–Crippen LogP) is 1.58. The summed E-state index contributed by atoms with van der Waals surface area (Å²) in [4.78, 5) is 28.6. The minimum Gasteiger partial charge on any atom is -0.497 e. The molecule has 1 heterocycles. The van der Waals surface area contributed by atoms with Crippen molar-refractivity contribution in [3.8, 4) is 5.75 Å². The number of amides is 2. The number of carbonyl (C=O) groups is 2. The van der Waals surface area contributed by atoms with Crippen molar-refractivity contribution < 1.29 is 14.3 Å². The van der Waals surface area contributed by atoms with Crippen LogP contribution in [-0.4, -0.2) is 60.9 Å². The molecule has 1 atom stereocenters. The maximum Gasteiger partial charge on any atom is 0.241 e. The van der Waals surface area contributed by atoms with Gasteiger partial charge in [-0.3, -0.25) is 14.5 Å². The summed E-state index contributed by atoms with van der Waals surface area (Å²) in [5, 5.41) is 2.94. The van der Waals surface area contributed by atoms with E-state index in [1.54, 1.807) is 7.11 Å². The number of anilines is 1. The normalized spacial score (nSPS) is 19.7. The lowest BCUT2D eigenvalue weighted by Gasteiger charge is -2.37. The van der Waals surface area contributed by atoms with Crippen LogP contribution in [0.1, 0.15) is 19.8 Å². The molecule has 1 aromatic carbocycles. The van der Waals surface area contributed by atoms with Crippen LogP contribution in [0.25, 0.3) is 0 Å². The summed E-state index contributed by atoms with van der Waals surface area (Å²) >= 11 is 0.